The van der Waals surface area contributed by atoms with Gasteiger partial charge in [-0.1, -0.05) is 5.16 Å². The van der Waals surface area contributed by atoms with E-state index in [4.69, 9.17) is 16.1 Å². The normalized spacial score (nSPS) is 14.4. The molecule has 0 unspecified atom stereocenters. The molecule has 3 rings (SSSR count). The SMILES string of the molecule is Cc1noc(Cl)c1CCC(=O)Nc1nnc(C2CC2)n1C. The topological polar surface area (TPSA) is 85.8 Å². The standard InChI is InChI=1S/C13H16ClN5O2/c1-7-9(11(14)21-18-7)5-6-10(20)15-13-17-16-12(19(13)2)8-3-4-8/h8H,3-6H2,1-2H3,(H,15,17,20). The first kappa shape index (κ1) is 14.1. The van der Waals surface area contributed by atoms with Crippen molar-refractivity contribution in [3.63, 3.8) is 0 Å². The molecule has 1 N–H and O–H groups in total. The number of hydrogen-bond acceptors (Lipinski definition) is 5. The van der Waals surface area contributed by atoms with Crippen molar-refractivity contribution in [2.45, 2.75) is 38.5 Å². The van der Waals surface area contributed by atoms with Gasteiger partial charge in [0.1, 0.15) is 5.82 Å². The van der Waals surface area contributed by atoms with Gasteiger partial charge < -0.3 is 9.09 Å². The van der Waals surface area contributed by atoms with Crippen LogP contribution in [0.2, 0.25) is 5.22 Å². The predicted octanol–water partition coefficient (Wildman–Crippen LogP) is 2.21. The smallest absolute Gasteiger partial charge is 0.231 e. The van der Waals surface area contributed by atoms with Gasteiger partial charge in [-0.05, 0) is 37.8 Å². The molecule has 0 aliphatic heterocycles. The zero-order valence-electron chi connectivity index (χ0n) is 11.9. The van der Waals surface area contributed by atoms with Gasteiger partial charge in [0.15, 0.2) is 0 Å². The Morgan fingerprint density at radius 2 is 2.24 bits per heavy atom. The van der Waals surface area contributed by atoms with Crippen LogP contribution in [0.1, 0.15) is 42.3 Å². The lowest BCUT2D eigenvalue weighted by molar-refractivity contribution is -0.116. The minimum atomic E-state index is -0.135. The predicted molar refractivity (Wildman–Crippen MR) is 76.2 cm³/mol. The molecule has 1 aliphatic rings. The zero-order valence-corrected chi connectivity index (χ0v) is 12.6. The Morgan fingerprint density at radius 1 is 1.48 bits per heavy atom. The third-order valence-electron chi connectivity index (χ3n) is 3.64. The van der Waals surface area contributed by atoms with E-state index in [-0.39, 0.29) is 17.5 Å². The monoisotopic (exact) mass is 309 g/mol. The molecular weight excluding hydrogens is 294 g/mol. The first-order chi connectivity index (χ1) is 10.1. The number of nitrogens with one attached hydrogen (secondary N) is 1. The number of halogens is 1. The summed E-state index contributed by atoms with van der Waals surface area (Å²) in [6.07, 6.45) is 3.05. The molecule has 112 valence electrons. The molecule has 0 saturated heterocycles. The minimum Gasteiger partial charge on any atom is -0.344 e. The van der Waals surface area contributed by atoms with Gasteiger partial charge in [-0.15, -0.1) is 10.2 Å². The summed E-state index contributed by atoms with van der Waals surface area (Å²) < 4.78 is 6.70. The highest BCUT2D eigenvalue weighted by Gasteiger charge is 2.29. The van der Waals surface area contributed by atoms with Crippen molar-refractivity contribution in [2.24, 2.45) is 7.05 Å². The minimum absolute atomic E-state index is 0.135. The van der Waals surface area contributed by atoms with E-state index in [1.807, 2.05) is 11.6 Å². The fourth-order valence-corrected chi connectivity index (χ4v) is 2.48. The van der Waals surface area contributed by atoms with Crippen molar-refractivity contribution in [3.05, 3.63) is 22.3 Å². The number of nitrogens with zero attached hydrogens (tertiary/aromatic N) is 4. The number of hydrogen-bond donors (Lipinski definition) is 1. The maximum Gasteiger partial charge on any atom is 0.231 e. The van der Waals surface area contributed by atoms with Crippen LogP contribution in [0.5, 0.6) is 0 Å². The van der Waals surface area contributed by atoms with Crippen LogP contribution in [0.3, 0.4) is 0 Å². The van der Waals surface area contributed by atoms with E-state index >= 15 is 0 Å². The second-order valence-corrected chi connectivity index (χ2v) is 5.63. The van der Waals surface area contributed by atoms with E-state index in [2.05, 4.69) is 20.7 Å². The van der Waals surface area contributed by atoms with Crippen LogP contribution in [0.15, 0.2) is 4.52 Å². The van der Waals surface area contributed by atoms with Gasteiger partial charge in [-0.2, -0.15) is 0 Å². The number of carbonyl (C=O) groups is 1. The van der Waals surface area contributed by atoms with Crippen LogP contribution in [0.25, 0.3) is 0 Å². The third kappa shape index (κ3) is 2.92. The van der Waals surface area contributed by atoms with Crippen LogP contribution in [-0.4, -0.2) is 25.8 Å². The number of aryl methyl sites for hydroxylation is 1. The van der Waals surface area contributed by atoms with Crippen molar-refractivity contribution in [1.82, 2.24) is 19.9 Å². The molecule has 8 heteroatoms. The molecule has 1 amide bonds. The Kier molecular flexibility index (Phi) is 3.67. The van der Waals surface area contributed by atoms with Crippen LogP contribution in [-0.2, 0) is 18.3 Å². The molecule has 0 bridgehead atoms. The second-order valence-electron chi connectivity index (χ2n) is 5.28. The molecule has 21 heavy (non-hydrogen) atoms. The Labute approximate surface area is 126 Å². The Balaban J connectivity index is 1.59. The molecule has 0 spiro atoms. The molecular formula is C13H16ClN5O2. The molecule has 2 aromatic heterocycles. The average molecular weight is 310 g/mol. The van der Waals surface area contributed by atoms with Gasteiger partial charge in [0.2, 0.25) is 17.1 Å². The first-order valence-electron chi connectivity index (χ1n) is 6.86. The lowest BCUT2D eigenvalue weighted by atomic mass is 10.1. The second kappa shape index (κ2) is 5.48. The molecule has 1 saturated carbocycles. The first-order valence-corrected chi connectivity index (χ1v) is 7.24. The number of aromatic nitrogens is 4. The lowest BCUT2D eigenvalue weighted by Crippen LogP contribution is -2.16. The van der Waals surface area contributed by atoms with Crippen molar-refractivity contribution in [2.75, 3.05) is 5.32 Å². The Hall–Kier alpha value is -1.89. The summed E-state index contributed by atoms with van der Waals surface area (Å²) in [5.74, 6) is 1.77. The van der Waals surface area contributed by atoms with Gasteiger partial charge in [-0.25, -0.2) is 0 Å². The maximum absolute atomic E-state index is 12.0. The zero-order chi connectivity index (χ0) is 15.0. The summed E-state index contributed by atoms with van der Waals surface area (Å²) in [6.45, 7) is 1.80. The van der Waals surface area contributed by atoms with Crippen molar-refractivity contribution < 1.29 is 9.32 Å². The largest absolute Gasteiger partial charge is 0.344 e. The molecule has 2 aromatic rings. The van der Waals surface area contributed by atoms with E-state index in [1.165, 1.54) is 0 Å². The average Bonchev–Trinajstić information content (AvgIpc) is 3.16. The fraction of sp³-hybridized carbons (Fsp3) is 0.538. The molecule has 1 fully saturated rings. The lowest BCUT2D eigenvalue weighted by Gasteiger charge is -2.05. The number of rotatable bonds is 5. The fourth-order valence-electron chi connectivity index (χ4n) is 2.21. The highest BCUT2D eigenvalue weighted by Crippen LogP contribution is 2.39. The summed E-state index contributed by atoms with van der Waals surface area (Å²) in [5.41, 5.74) is 1.48. The van der Waals surface area contributed by atoms with E-state index in [0.29, 0.717) is 24.0 Å². The highest BCUT2D eigenvalue weighted by molar-refractivity contribution is 6.29. The number of amides is 1. The molecule has 0 atom stereocenters. The van der Waals surface area contributed by atoms with E-state index in [1.54, 1.807) is 6.92 Å². The molecule has 0 aromatic carbocycles. The van der Waals surface area contributed by atoms with Crippen molar-refractivity contribution in [1.29, 1.82) is 0 Å². The van der Waals surface area contributed by atoms with Gasteiger partial charge in [0.05, 0.1) is 5.69 Å². The quantitative estimate of drug-likeness (QED) is 0.915. The van der Waals surface area contributed by atoms with E-state index < -0.39 is 0 Å². The van der Waals surface area contributed by atoms with Crippen LogP contribution >= 0.6 is 11.6 Å². The molecule has 2 heterocycles. The summed E-state index contributed by atoms with van der Waals surface area (Å²) in [5, 5.41) is 14.9. The van der Waals surface area contributed by atoms with Crippen LogP contribution < -0.4 is 5.32 Å². The third-order valence-corrected chi connectivity index (χ3v) is 3.94. The Morgan fingerprint density at radius 3 is 2.86 bits per heavy atom. The summed E-state index contributed by atoms with van der Waals surface area (Å²) in [4.78, 5) is 12.0. The molecule has 0 radical (unpaired) electrons. The number of carbonyl (C=O) groups excluding carboxylic acids is 1. The highest BCUT2D eigenvalue weighted by atomic mass is 35.5. The Bertz CT molecular complexity index is 655. The van der Waals surface area contributed by atoms with Crippen molar-refractivity contribution >= 4 is 23.5 Å². The summed E-state index contributed by atoms with van der Waals surface area (Å²) >= 11 is 5.87. The van der Waals surface area contributed by atoms with Gasteiger partial charge >= 0.3 is 0 Å². The van der Waals surface area contributed by atoms with Gasteiger partial charge in [0.25, 0.3) is 0 Å². The summed E-state index contributed by atoms with van der Waals surface area (Å²) in [6, 6.07) is 0. The van der Waals surface area contributed by atoms with E-state index in [0.717, 1.165) is 24.2 Å². The van der Waals surface area contributed by atoms with Gasteiger partial charge in [-0.3, -0.25) is 10.1 Å². The molecule has 7 nitrogen and oxygen atoms in total. The van der Waals surface area contributed by atoms with E-state index in [9.17, 15) is 4.79 Å². The van der Waals surface area contributed by atoms with Gasteiger partial charge in [0, 0.05) is 24.9 Å². The molecule has 1 aliphatic carbocycles. The maximum atomic E-state index is 12.0. The van der Waals surface area contributed by atoms with Crippen molar-refractivity contribution in [3.8, 4) is 0 Å². The number of anilines is 1. The summed E-state index contributed by atoms with van der Waals surface area (Å²) in [7, 11) is 1.87. The van der Waals surface area contributed by atoms with Crippen LogP contribution in [0, 0.1) is 6.92 Å². The van der Waals surface area contributed by atoms with Crippen LogP contribution in [0.4, 0.5) is 5.95 Å².